The number of phenolic OH excluding ortho intramolecular Hbond substituents is 3. The molecule has 2 aromatic carbocycles. The van der Waals surface area contributed by atoms with Crippen molar-refractivity contribution in [1.29, 1.82) is 0 Å². The van der Waals surface area contributed by atoms with Gasteiger partial charge in [0.2, 0.25) is 0 Å². The summed E-state index contributed by atoms with van der Waals surface area (Å²) in [5.41, 5.74) is 4.31. The third-order valence-corrected chi connectivity index (χ3v) is 5.24. The molecule has 1 heterocycles. The monoisotopic (exact) mass is 408 g/mol. The SMILES string of the molecule is CC(C)=CCc1cc2c(c(CC=C(C)C)c1O)OC[C@@H](c1ccc(O)cc1O)C2=O. The maximum absolute atomic E-state index is 13.4. The van der Waals surface area contributed by atoms with Gasteiger partial charge in [0, 0.05) is 17.2 Å². The highest BCUT2D eigenvalue weighted by Gasteiger charge is 2.34. The van der Waals surface area contributed by atoms with Crippen LogP contribution in [0.25, 0.3) is 0 Å². The zero-order chi connectivity index (χ0) is 22.0. The number of ether oxygens (including phenoxy) is 1. The van der Waals surface area contributed by atoms with E-state index in [1.165, 1.54) is 18.2 Å². The van der Waals surface area contributed by atoms with Crippen LogP contribution in [0, 0.1) is 0 Å². The van der Waals surface area contributed by atoms with Crippen LogP contribution >= 0.6 is 0 Å². The van der Waals surface area contributed by atoms with E-state index in [0.717, 1.165) is 11.1 Å². The number of carbonyl (C=O) groups excluding carboxylic acids is 1. The van der Waals surface area contributed by atoms with E-state index in [0.29, 0.717) is 40.8 Å². The molecule has 0 bridgehead atoms. The minimum atomic E-state index is -0.685. The lowest BCUT2D eigenvalue weighted by Crippen LogP contribution is -2.27. The number of Topliss-reactive ketones (excluding diaryl/α,β-unsaturated/α-hetero) is 1. The summed E-state index contributed by atoms with van der Waals surface area (Å²) in [6.07, 6.45) is 4.96. The Bertz CT molecular complexity index is 1040. The molecule has 1 atom stereocenters. The van der Waals surface area contributed by atoms with Gasteiger partial charge in [-0.05, 0) is 58.2 Å². The molecular formula is C25H28O5. The normalized spacial score (nSPS) is 15.2. The van der Waals surface area contributed by atoms with Crippen molar-refractivity contribution in [2.24, 2.45) is 0 Å². The van der Waals surface area contributed by atoms with Crippen molar-refractivity contribution >= 4 is 5.78 Å². The van der Waals surface area contributed by atoms with Crippen molar-refractivity contribution in [3.8, 4) is 23.0 Å². The average Bonchev–Trinajstić information content (AvgIpc) is 2.67. The molecule has 0 aliphatic carbocycles. The lowest BCUT2D eigenvalue weighted by atomic mass is 9.85. The van der Waals surface area contributed by atoms with Gasteiger partial charge in [-0.2, -0.15) is 0 Å². The summed E-state index contributed by atoms with van der Waals surface area (Å²) in [6.45, 7) is 7.98. The van der Waals surface area contributed by atoms with Gasteiger partial charge in [-0.3, -0.25) is 4.79 Å². The number of aromatic hydroxyl groups is 3. The van der Waals surface area contributed by atoms with Crippen LogP contribution in [0.3, 0.4) is 0 Å². The van der Waals surface area contributed by atoms with Crippen LogP contribution in [0.4, 0.5) is 0 Å². The molecule has 5 heteroatoms. The highest BCUT2D eigenvalue weighted by Crippen LogP contribution is 2.43. The van der Waals surface area contributed by atoms with Gasteiger partial charge in [-0.15, -0.1) is 0 Å². The van der Waals surface area contributed by atoms with E-state index in [4.69, 9.17) is 4.74 Å². The summed E-state index contributed by atoms with van der Waals surface area (Å²) >= 11 is 0. The summed E-state index contributed by atoms with van der Waals surface area (Å²) in [7, 11) is 0. The second-order valence-corrected chi connectivity index (χ2v) is 8.18. The Kier molecular flexibility index (Phi) is 6.20. The van der Waals surface area contributed by atoms with Gasteiger partial charge in [0.25, 0.3) is 0 Å². The molecule has 0 spiro atoms. The summed E-state index contributed by atoms with van der Waals surface area (Å²) in [6, 6.07) is 5.89. The lowest BCUT2D eigenvalue weighted by Gasteiger charge is -2.28. The first-order valence-electron chi connectivity index (χ1n) is 10.0. The Labute approximate surface area is 177 Å². The Morgan fingerprint density at radius 3 is 2.33 bits per heavy atom. The molecule has 2 aromatic rings. The van der Waals surface area contributed by atoms with Gasteiger partial charge in [0.15, 0.2) is 5.78 Å². The maximum Gasteiger partial charge on any atom is 0.177 e. The van der Waals surface area contributed by atoms with Gasteiger partial charge < -0.3 is 20.1 Å². The first-order valence-corrected chi connectivity index (χ1v) is 10.0. The Hall–Kier alpha value is -3.21. The molecule has 1 aliphatic heterocycles. The van der Waals surface area contributed by atoms with E-state index in [1.54, 1.807) is 6.07 Å². The van der Waals surface area contributed by atoms with Crippen molar-refractivity contribution in [2.75, 3.05) is 6.61 Å². The molecule has 0 radical (unpaired) electrons. The number of allylic oxidation sites excluding steroid dienone is 4. The Balaban J connectivity index is 2.11. The molecule has 0 aromatic heterocycles. The quantitative estimate of drug-likeness (QED) is 0.594. The van der Waals surface area contributed by atoms with Crippen LogP contribution in [0.1, 0.15) is 60.7 Å². The van der Waals surface area contributed by atoms with E-state index in [9.17, 15) is 20.1 Å². The third kappa shape index (κ3) is 4.35. The Morgan fingerprint density at radius 2 is 1.70 bits per heavy atom. The molecule has 30 heavy (non-hydrogen) atoms. The number of hydrogen-bond acceptors (Lipinski definition) is 5. The summed E-state index contributed by atoms with van der Waals surface area (Å²) in [5.74, 6) is -0.509. The number of carbonyl (C=O) groups is 1. The standard InChI is InChI=1S/C25H28O5/c1-14(2)5-7-16-11-20-24(29)21(18-10-8-17(26)12-22(18)27)13-30-25(20)19(23(16)28)9-6-15(3)4/h5-6,8,10-12,21,26-28H,7,9,13H2,1-4H3/t21-/m0/s1. The molecule has 0 fully saturated rings. The fraction of sp³-hybridized carbons (Fsp3) is 0.320. The molecule has 5 nitrogen and oxygen atoms in total. The molecule has 3 N–H and O–H groups in total. The summed E-state index contributed by atoms with van der Waals surface area (Å²) < 4.78 is 5.97. The van der Waals surface area contributed by atoms with E-state index < -0.39 is 5.92 Å². The number of phenols is 3. The van der Waals surface area contributed by atoms with Gasteiger partial charge in [-0.1, -0.05) is 29.4 Å². The molecule has 1 aliphatic rings. The van der Waals surface area contributed by atoms with Gasteiger partial charge in [-0.25, -0.2) is 0 Å². The molecule has 158 valence electrons. The highest BCUT2D eigenvalue weighted by molar-refractivity contribution is 6.05. The van der Waals surface area contributed by atoms with Crippen LogP contribution in [0.5, 0.6) is 23.0 Å². The minimum absolute atomic E-state index is 0.0543. The van der Waals surface area contributed by atoms with E-state index in [2.05, 4.69) is 0 Å². The highest BCUT2D eigenvalue weighted by atomic mass is 16.5. The van der Waals surface area contributed by atoms with Crippen molar-refractivity contribution < 1.29 is 24.9 Å². The van der Waals surface area contributed by atoms with Crippen LogP contribution < -0.4 is 4.74 Å². The van der Waals surface area contributed by atoms with Crippen LogP contribution in [-0.4, -0.2) is 27.7 Å². The second-order valence-electron chi connectivity index (χ2n) is 8.18. The third-order valence-electron chi connectivity index (χ3n) is 5.24. The molecular weight excluding hydrogens is 380 g/mol. The lowest BCUT2D eigenvalue weighted by molar-refractivity contribution is 0.0892. The van der Waals surface area contributed by atoms with Gasteiger partial charge in [0.05, 0.1) is 11.5 Å². The first kappa shape index (κ1) is 21.5. The largest absolute Gasteiger partial charge is 0.508 e. The summed E-state index contributed by atoms with van der Waals surface area (Å²) in [5, 5.41) is 30.7. The van der Waals surface area contributed by atoms with Gasteiger partial charge >= 0.3 is 0 Å². The zero-order valence-corrected chi connectivity index (χ0v) is 17.8. The van der Waals surface area contributed by atoms with E-state index in [1.807, 2.05) is 39.8 Å². The first-order chi connectivity index (χ1) is 14.2. The summed E-state index contributed by atoms with van der Waals surface area (Å²) in [4.78, 5) is 13.4. The molecule has 3 rings (SSSR count). The van der Waals surface area contributed by atoms with Crippen molar-refractivity contribution in [1.82, 2.24) is 0 Å². The second kappa shape index (κ2) is 8.66. The predicted molar refractivity (Wildman–Crippen MR) is 117 cm³/mol. The van der Waals surface area contributed by atoms with Crippen molar-refractivity contribution in [3.63, 3.8) is 0 Å². The predicted octanol–water partition coefficient (Wildman–Crippen LogP) is 5.18. The fourth-order valence-corrected chi connectivity index (χ4v) is 3.57. The number of hydrogen-bond donors (Lipinski definition) is 3. The fourth-order valence-electron chi connectivity index (χ4n) is 3.57. The number of benzene rings is 2. The minimum Gasteiger partial charge on any atom is -0.508 e. The van der Waals surface area contributed by atoms with E-state index >= 15 is 0 Å². The molecule has 0 unspecified atom stereocenters. The van der Waals surface area contributed by atoms with Gasteiger partial charge in [0.1, 0.15) is 29.6 Å². The maximum atomic E-state index is 13.4. The zero-order valence-electron chi connectivity index (χ0n) is 17.8. The number of rotatable bonds is 5. The topological polar surface area (TPSA) is 87.0 Å². The smallest absolute Gasteiger partial charge is 0.177 e. The Morgan fingerprint density at radius 1 is 1.03 bits per heavy atom. The molecule has 0 saturated heterocycles. The van der Waals surface area contributed by atoms with E-state index in [-0.39, 0.29) is 29.6 Å². The number of fused-ring (bicyclic) bond motifs is 1. The number of ketones is 1. The van der Waals surface area contributed by atoms with Crippen LogP contribution in [0.2, 0.25) is 0 Å². The molecule has 0 amide bonds. The van der Waals surface area contributed by atoms with Crippen LogP contribution in [-0.2, 0) is 12.8 Å². The van der Waals surface area contributed by atoms with Crippen molar-refractivity contribution in [3.05, 3.63) is 69.8 Å². The molecule has 0 saturated carbocycles. The van der Waals surface area contributed by atoms with Crippen molar-refractivity contribution in [2.45, 2.75) is 46.5 Å². The average molecular weight is 408 g/mol. The van der Waals surface area contributed by atoms with Crippen LogP contribution in [0.15, 0.2) is 47.6 Å².